The summed E-state index contributed by atoms with van der Waals surface area (Å²) in [7, 11) is -5.85. The van der Waals surface area contributed by atoms with E-state index in [-0.39, 0.29) is 13.2 Å². The lowest BCUT2D eigenvalue weighted by atomic mass is 10.8. The predicted octanol–water partition coefficient (Wildman–Crippen LogP) is -0.727. The van der Waals surface area contributed by atoms with Crippen LogP contribution in [0.5, 0.6) is 0 Å². The van der Waals surface area contributed by atoms with E-state index >= 15 is 0 Å². The Morgan fingerprint density at radius 2 is 1.27 bits per heavy atom. The Balaban J connectivity index is 0. The highest BCUT2D eigenvalue weighted by atomic mass is 31.2. The monoisotopic (exact) mass is 206 g/mol. The van der Waals surface area contributed by atoms with Crippen molar-refractivity contribution in [2.24, 2.45) is 0 Å². The molecule has 0 aromatic carbocycles. The SMILES string of the molecule is O=[P+](O)O[P+](=O)O.OCCO. The first kappa shape index (κ1) is 13.6. The molecule has 7 nitrogen and oxygen atoms in total. The minimum atomic E-state index is -2.92. The third-order valence-electron chi connectivity index (χ3n) is 0.240. The standard InChI is InChI=1S/C2H6O2.O5P2/c3-1-2-4;1-6(2)5-7(3)4/h3-4H,1-2H2;/p+2. The molecule has 0 saturated carbocycles. The van der Waals surface area contributed by atoms with Gasteiger partial charge in [0, 0.05) is 9.13 Å². The van der Waals surface area contributed by atoms with Crippen molar-refractivity contribution < 1.29 is 33.4 Å². The number of rotatable bonds is 3. The second-order valence-electron chi connectivity index (χ2n) is 1.00. The zero-order chi connectivity index (χ0) is 9.28. The number of hydrogen-bond acceptors (Lipinski definition) is 5. The van der Waals surface area contributed by atoms with E-state index in [1.54, 1.807) is 0 Å². The van der Waals surface area contributed by atoms with E-state index in [9.17, 15) is 9.13 Å². The van der Waals surface area contributed by atoms with Gasteiger partial charge in [0.25, 0.3) is 0 Å². The zero-order valence-corrected chi connectivity index (χ0v) is 7.11. The second-order valence-corrected chi connectivity index (χ2v) is 2.61. The summed E-state index contributed by atoms with van der Waals surface area (Å²) >= 11 is 0. The summed E-state index contributed by atoms with van der Waals surface area (Å²) in [5.74, 6) is 0. The van der Waals surface area contributed by atoms with Crippen LogP contribution in [0.25, 0.3) is 0 Å². The molecular formula is C2H8O7P2+2. The van der Waals surface area contributed by atoms with Crippen LogP contribution in [0.1, 0.15) is 0 Å². The zero-order valence-electron chi connectivity index (χ0n) is 5.32. The lowest BCUT2D eigenvalue weighted by molar-refractivity contribution is 0.186. The number of aliphatic hydroxyl groups is 2. The van der Waals surface area contributed by atoms with Crippen LogP contribution in [-0.4, -0.2) is 33.2 Å². The van der Waals surface area contributed by atoms with Gasteiger partial charge in [0.15, 0.2) is 4.31 Å². The summed E-state index contributed by atoms with van der Waals surface area (Å²) in [6.45, 7) is -0.250. The summed E-state index contributed by atoms with van der Waals surface area (Å²) in [6, 6.07) is 0. The average molecular weight is 206 g/mol. The number of hydrogen-bond donors (Lipinski definition) is 4. The maximum absolute atomic E-state index is 9.39. The summed E-state index contributed by atoms with van der Waals surface area (Å²) in [6.07, 6.45) is 0. The van der Waals surface area contributed by atoms with Crippen LogP contribution in [0.15, 0.2) is 0 Å². The topological polar surface area (TPSA) is 124 Å². The minimum Gasteiger partial charge on any atom is -0.394 e. The third kappa shape index (κ3) is 25.6. The van der Waals surface area contributed by atoms with Crippen molar-refractivity contribution in [2.75, 3.05) is 13.2 Å². The Bertz CT molecular complexity index is 110. The van der Waals surface area contributed by atoms with Gasteiger partial charge in [0.1, 0.15) is 0 Å². The molecule has 0 radical (unpaired) electrons. The van der Waals surface area contributed by atoms with Gasteiger partial charge in [-0.3, -0.25) is 0 Å². The van der Waals surface area contributed by atoms with Crippen molar-refractivity contribution in [1.29, 1.82) is 0 Å². The third-order valence-corrected chi connectivity index (χ3v) is 1.36. The van der Waals surface area contributed by atoms with Crippen LogP contribution in [0.2, 0.25) is 0 Å². The smallest absolute Gasteiger partial charge is 0.394 e. The number of aliphatic hydroxyl groups excluding tert-OH is 2. The fourth-order valence-corrected chi connectivity index (χ4v) is 0.538. The van der Waals surface area contributed by atoms with Crippen LogP contribution in [-0.2, 0) is 13.4 Å². The molecule has 0 amide bonds. The molecule has 0 fully saturated rings. The molecule has 0 aliphatic carbocycles. The van der Waals surface area contributed by atoms with Crippen molar-refractivity contribution in [1.82, 2.24) is 0 Å². The quantitative estimate of drug-likeness (QED) is 0.448. The first-order valence-corrected chi connectivity index (χ1v) is 4.52. The molecule has 0 aromatic heterocycles. The van der Waals surface area contributed by atoms with Crippen molar-refractivity contribution >= 4 is 16.5 Å². The Hall–Kier alpha value is -0.0000000000000000694. The molecule has 11 heavy (non-hydrogen) atoms. The van der Waals surface area contributed by atoms with Gasteiger partial charge >= 0.3 is 16.5 Å². The fraction of sp³-hybridized carbons (Fsp3) is 1.00. The van der Waals surface area contributed by atoms with E-state index in [1.165, 1.54) is 0 Å². The maximum atomic E-state index is 9.39. The van der Waals surface area contributed by atoms with Gasteiger partial charge in [-0.05, 0) is 0 Å². The van der Waals surface area contributed by atoms with E-state index < -0.39 is 16.5 Å². The van der Waals surface area contributed by atoms with Crippen LogP contribution in [0.3, 0.4) is 0 Å². The molecule has 2 unspecified atom stereocenters. The molecule has 0 aromatic rings. The minimum absolute atomic E-state index is 0.125. The molecule has 2 atom stereocenters. The maximum Gasteiger partial charge on any atom is 0.745 e. The van der Waals surface area contributed by atoms with E-state index in [4.69, 9.17) is 20.0 Å². The van der Waals surface area contributed by atoms with Gasteiger partial charge < -0.3 is 10.2 Å². The largest absolute Gasteiger partial charge is 0.745 e. The Morgan fingerprint density at radius 3 is 1.27 bits per heavy atom. The molecule has 9 heteroatoms. The van der Waals surface area contributed by atoms with Crippen molar-refractivity contribution in [3.8, 4) is 0 Å². The molecule has 0 rings (SSSR count). The average Bonchev–Trinajstić information content (AvgIpc) is 1.85. The molecule has 0 spiro atoms. The second kappa shape index (κ2) is 10.0. The molecule has 0 bridgehead atoms. The predicted molar refractivity (Wildman–Crippen MR) is 34.9 cm³/mol. The molecule has 0 aliphatic rings. The van der Waals surface area contributed by atoms with Gasteiger partial charge in [0.2, 0.25) is 0 Å². The van der Waals surface area contributed by atoms with E-state index in [1.807, 2.05) is 0 Å². The van der Waals surface area contributed by atoms with Crippen LogP contribution in [0, 0.1) is 0 Å². The highest BCUT2D eigenvalue weighted by Crippen LogP contribution is 2.30. The molecule has 4 N–H and O–H groups in total. The van der Waals surface area contributed by atoms with Crippen LogP contribution < -0.4 is 0 Å². The van der Waals surface area contributed by atoms with E-state index in [0.717, 1.165) is 0 Å². The van der Waals surface area contributed by atoms with Gasteiger partial charge in [0.05, 0.1) is 13.2 Å². The summed E-state index contributed by atoms with van der Waals surface area (Å²) in [5.41, 5.74) is 0. The van der Waals surface area contributed by atoms with Crippen molar-refractivity contribution in [2.45, 2.75) is 0 Å². The molecular weight excluding hydrogens is 198 g/mol. The molecule has 0 aliphatic heterocycles. The summed E-state index contributed by atoms with van der Waals surface area (Å²) in [4.78, 5) is 15.3. The van der Waals surface area contributed by atoms with Crippen LogP contribution in [0.4, 0.5) is 0 Å². The van der Waals surface area contributed by atoms with Crippen LogP contribution >= 0.6 is 16.5 Å². The molecule has 0 heterocycles. The lowest BCUT2D eigenvalue weighted by Crippen LogP contribution is -1.85. The highest BCUT2D eigenvalue weighted by Gasteiger charge is 2.31. The normalized spacial score (nSPS) is 11.3. The van der Waals surface area contributed by atoms with Gasteiger partial charge in [-0.25, -0.2) is 0 Å². The molecule has 66 valence electrons. The van der Waals surface area contributed by atoms with Crippen molar-refractivity contribution in [3.05, 3.63) is 0 Å². The first-order valence-electron chi connectivity index (χ1n) is 2.26. The van der Waals surface area contributed by atoms with E-state index in [2.05, 4.69) is 4.31 Å². The van der Waals surface area contributed by atoms with Gasteiger partial charge in [-0.1, -0.05) is 0 Å². The van der Waals surface area contributed by atoms with Gasteiger partial charge in [-0.2, -0.15) is 0 Å². The van der Waals surface area contributed by atoms with E-state index in [0.29, 0.717) is 0 Å². The van der Waals surface area contributed by atoms with Gasteiger partial charge in [-0.15, -0.1) is 9.79 Å². The van der Waals surface area contributed by atoms with Crippen molar-refractivity contribution in [3.63, 3.8) is 0 Å². The summed E-state index contributed by atoms with van der Waals surface area (Å²) < 4.78 is 22.2. The fourth-order valence-electron chi connectivity index (χ4n) is 0.0598. The first-order chi connectivity index (χ1) is 5.04. The lowest BCUT2D eigenvalue weighted by Gasteiger charge is -1.70. The Labute approximate surface area is 64.2 Å². The Morgan fingerprint density at radius 1 is 1.00 bits per heavy atom. The Kier molecular flexibility index (Phi) is 12.3. The highest BCUT2D eigenvalue weighted by molar-refractivity contribution is 7.46. The molecule has 0 saturated heterocycles. The summed E-state index contributed by atoms with van der Waals surface area (Å²) in [5, 5.41) is 15.2.